The quantitative estimate of drug-likeness (QED) is 0.903. The Bertz CT molecular complexity index is 745. The van der Waals surface area contributed by atoms with E-state index in [2.05, 4.69) is 53.8 Å². The lowest BCUT2D eigenvalue weighted by Crippen LogP contribution is -2.42. The van der Waals surface area contributed by atoms with Crippen LogP contribution in [-0.4, -0.2) is 12.5 Å². The number of rotatable bonds is 3. The summed E-state index contributed by atoms with van der Waals surface area (Å²) in [6, 6.07) is 17.8. The van der Waals surface area contributed by atoms with Crippen molar-refractivity contribution in [3.8, 4) is 0 Å². The SMILES string of the molecule is O=C(NCC1CC2c3ccccc3C1c1ccccc12)C1CCC1. The number of carbonyl (C=O) groups excluding carboxylic acids is 1. The molecule has 0 spiro atoms. The van der Waals surface area contributed by atoms with E-state index in [1.54, 1.807) is 0 Å². The second kappa shape index (κ2) is 5.47. The molecule has 1 fully saturated rings. The number of hydrogen-bond donors (Lipinski definition) is 1. The highest BCUT2D eigenvalue weighted by molar-refractivity contribution is 5.79. The molecule has 2 bridgehead atoms. The van der Waals surface area contributed by atoms with Crippen LogP contribution in [0.15, 0.2) is 48.5 Å². The maximum absolute atomic E-state index is 12.3. The third-order valence-electron chi connectivity index (χ3n) is 6.44. The number of fused-ring (bicyclic) bond motifs is 1. The zero-order valence-electron chi connectivity index (χ0n) is 13.9. The van der Waals surface area contributed by atoms with Crippen LogP contribution in [0.1, 0.15) is 59.8 Å². The van der Waals surface area contributed by atoms with E-state index in [0.29, 0.717) is 17.8 Å². The zero-order chi connectivity index (χ0) is 16.1. The molecule has 0 aromatic heterocycles. The minimum Gasteiger partial charge on any atom is -0.356 e. The molecule has 2 heteroatoms. The molecule has 0 aliphatic heterocycles. The first kappa shape index (κ1) is 14.3. The monoisotopic (exact) mass is 317 g/mol. The Morgan fingerprint density at radius 2 is 1.50 bits per heavy atom. The van der Waals surface area contributed by atoms with Gasteiger partial charge in [0.2, 0.25) is 5.91 Å². The van der Waals surface area contributed by atoms with Crippen molar-refractivity contribution >= 4 is 5.91 Å². The van der Waals surface area contributed by atoms with Crippen molar-refractivity contribution in [3.05, 3.63) is 70.8 Å². The number of benzene rings is 2. The van der Waals surface area contributed by atoms with Crippen LogP contribution in [0.3, 0.4) is 0 Å². The smallest absolute Gasteiger partial charge is 0.223 e. The molecular weight excluding hydrogens is 294 g/mol. The van der Waals surface area contributed by atoms with E-state index in [1.165, 1.54) is 28.7 Å². The number of hydrogen-bond acceptors (Lipinski definition) is 1. The highest BCUT2D eigenvalue weighted by Crippen LogP contribution is 2.55. The number of carbonyl (C=O) groups is 1. The van der Waals surface area contributed by atoms with Crippen LogP contribution in [0.5, 0.6) is 0 Å². The van der Waals surface area contributed by atoms with Crippen LogP contribution in [-0.2, 0) is 4.79 Å². The maximum atomic E-state index is 12.3. The van der Waals surface area contributed by atoms with Crippen molar-refractivity contribution < 1.29 is 4.79 Å². The molecule has 1 unspecified atom stereocenters. The Hall–Kier alpha value is -2.09. The lowest BCUT2D eigenvalue weighted by molar-refractivity contribution is -0.127. The maximum Gasteiger partial charge on any atom is 0.223 e. The van der Waals surface area contributed by atoms with Gasteiger partial charge in [0.15, 0.2) is 0 Å². The van der Waals surface area contributed by atoms with Crippen molar-refractivity contribution in [1.29, 1.82) is 0 Å². The largest absolute Gasteiger partial charge is 0.356 e. The molecule has 122 valence electrons. The van der Waals surface area contributed by atoms with Crippen molar-refractivity contribution in [2.45, 2.75) is 37.5 Å². The Kier molecular flexibility index (Phi) is 3.26. The summed E-state index contributed by atoms with van der Waals surface area (Å²) in [6.45, 7) is 0.819. The van der Waals surface area contributed by atoms with Gasteiger partial charge in [-0.15, -0.1) is 0 Å². The standard InChI is InChI=1S/C22H23NO/c24-22(14-6-5-7-14)23-13-15-12-20-16-8-1-3-10-18(16)21(15)19-11-4-2-9-17(19)20/h1-4,8-11,14-15,20-21H,5-7,12-13H2,(H,23,24). The topological polar surface area (TPSA) is 29.1 Å². The van der Waals surface area contributed by atoms with Gasteiger partial charge in [-0.25, -0.2) is 0 Å². The summed E-state index contributed by atoms with van der Waals surface area (Å²) in [5.74, 6) is 2.01. The van der Waals surface area contributed by atoms with Crippen LogP contribution in [0.4, 0.5) is 0 Å². The average molecular weight is 317 g/mol. The molecule has 0 saturated heterocycles. The fourth-order valence-corrected chi connectivity index (χ4v) is 5.01. The summed E-state index contributed by atoms with van der Waals surface area (Å²) in [6.07, 6.45) is 4.53. The molecule has 4 aliphatic rings. The van der Waals surface area contributed by atoms with Gasteiger partial charge in [-0.2, -0.15) is 0 Å². The third kappa shape index (κ3) is 2.05. The molecule has 4 aliphatic carbocycles. The summed E-state index contributed by atoms with van der Waals surface area (Å²) >= 11 is 0. The summed E-state index contributed by atoms with van der Waals surface area (Å²) in [7, 11) is 0. The summed E-state index contributed by atoms with van der Waals surface area (Å²) in [4.78, 5) is 12.3. The van der Waals surface area contributed by atoms with E-state index in [1.807, 2.05) is 0 Å². The normalized spacial score (nSPS) is 27.1. The number of nitrogens with one attached hydrogen (secondary N) is 1. The molecule has 1 saturated carbocycles. The summed E-state index contributed by atoms with van der Waals surface area (Å²) < 4.78 is 0. The predicted octanol–water partition coefficient (Wildman–Crippen LogP) is 4.20. The van der Waals surface area contributed by atoms with E-state index in [4.69, 9.17) is 0 Å². The van der Waals surface area contributed by atoms with Gasteiger partial charge in [0.1, 0.15) is 0 Å². The first-order valence-corrected chi connectivity index (χ1v) is 9.28. The lowest BCUT2D eigenvalue weighted by Gasteiger charge is -2.45. The second-order valence-electron chi connectivity index (χ2n) is 7.66. The van der Waals surface area contributed by atoms with Gasteiger partial charge in [0.25, 0.3) is 0 Å². The van der Waals surface area contributed by atoms with Crippen molar-refractivity contribution in [2.75, 3.05) is 6.54 Å². The van der Waals surface area contributed by atoms with Crippen LogP contribution in [0, 0.1) is 11.8 Å². The Morgan fingerprint density at radius 1 is 0.917 bits per heavy atom. The van der Waals surface area contributed by atoms with Gasteiger partial charge < -0.3 is 5.32 Å². The molecule has 0 heterocycles. The fraction of sp³-hybridized carbons (Fsp3) is 0.409. The van der Waals surface area contributed by atoms with E-state index in [0.717, 1.165) is 25.8 Å². The van der Waals surface area contributed by atoms with Gasteiger partial charge >= 0.3 is 0 Å². The molecule has 1 amide bonds. The molecule has 2 aromatic rings. The lowest BCUT2D eigenvalue weighted by atomic mass is 9.59. The van der Waals surface area contributed by atoms with E-state index >= 15 is 0 Å². The van der Waals surface area contributed by atoms with Gasteiger partial charge in [0, 0.05) is 24.3 Å². The Morgan fingerprint density at radius 3 is 2.04 bits per heavy atom. The third-order valence-corrected chi connectivity index (χ3v) is 6.44. The zero-order valence-corrected chi connectivity index (χ0v) is 13.9. The molecule has 2 aromatic carbocycles. The first-order chi connectivity index (χ1) is 11.8. The molecule has 1 atom stereocenters. The molecule has 1 N–H and O–H groups in total. The molecule has 2 nitrogen and oxygen atoms in total. The van der Waals surface area contributed by atoms with Gasteiger partial charge in [-0.05, 0) is 47.4 Å². The molecule has 6 rings (SSSR count). The van der Waals surface area contributed by atoms with E-state index < -0.39 is 0 Å². The molecule has 24 heavy (non-hydrogen) atoms. The van der Waals surface area contributed by atoms with Gasteiger partial charge in [0.05, 0.1) is 0 Å². The number of amides is 1. The highest BCUT2D eigenvalue weighted by atomic mass is 16.1. The molecule has 0 radical (unpaired) electrons. The van der Waals surface area contributed by atoms with E-state index in [9.17, 15) is 4.79 Å². The van der Waals surface area contributed by atoms with Crippen LogP contribution < -0.4 is 5.32 Å². The summed E-state index contributed by atoms with van der Waals surface area (Å²) in [5.41, 5.74) is 5.97. The molecular formula is C22H23NO. The van der Waals surface area contributed by atoms with Crippen molar-refractivity contribution in [3.63, 3.8) is 0 Å². The minimum absolute atomic E-state index is 0.282. The van der Waals surface area contributed by atoms with Crippen molar-refractivity contribution in [2.24, 2.45) is 11.8 Å². The predicted molar refractivity (Wildman–Crippen MR) is 95.0 cm³/mol. The Balaban J connectivity index is 1.46. The van der Waals surface area contributed by atoms with Crippen LogP contribution in [0.2, 0.25) is 0 Å². The Labute approximate surface area is 143 Å². The van der Waals surface area contributed by atoms with Crippen LogP contribution in [0.25, 0.3) is 0 Å². The van der Waals surface area contributed by atoms with Gasteiger partial charge in [-0.3, -0.25) is 4.79 Å². The summed E-state index contributed by atoms with van der Waals surface area (Å²) in [5, 5.41) is 3.26. The average Bonchev–Trinajstić information content (AvgIpc) is 2.59. The van der Waals surface area contributed by atoms with Gasteiger partial charge in [-0.1, -0.05) is 55.0 Å². The first-order valence-electron chi connectivity index (χ1n) is 9.28. The van der Waals surface area contributed by atoms with Crippen molar-refractivity contribution in [1.82, 2.24) is 5.32 Å². The minimum atomic E-state index is 0.282. The van der Waals surface area contributed by atoms with Crippen LogP contribution >= 0.6 is 0 Å². The highest BCUT2D eigenvalue weighted by Gasteiger charge is 2.43. The second-order valence-corrected chi connectivity index (χ2v) is 7.66. The fourth-order valence-electron chi connectivity index (χ4n) is 5.01. The van der Waals surface area contributed by atoms with E-state index in [-0.39, 0.29) is 11.8 Å².